The third-order valence-corrected chi connectivity index (χ3v) is 3.22. The summed E-state index contributed by atoms with van der Waals surface area (Å²) in [5, 5.41) is 4.60. The summed E-state index contributed by atoms with van der Waals surface area (Å²) in [6.07, 6.45) is 4.27. The maximum atomic E-state index is 11.1. The van der Waals surface area contributed by atoms with Gasteiger partial charge in [-0.1, -0.05) is 30.7 Å². The Hall–Kier alpha value is -1.81. The van der Waals surface area contributed by atoms with Gasteiger partial charge in [-0.2, -0.15) is 5.10 Å². The van der Waals surface area contributed by atoms with Gasteiger partial charge < -0.3 is 4.74 Å². The molecule has 5 heteroatoms. The number of nitrogens with one attached hydrogen (secondary N) is 1. The van der Waals surface area contributed by atoms with Crippen molar-refractivity contribution in [3.63, 3.8) is 0 Å². The third kappa shape index (κ3) is 3.35. The number of amides is 1. The molecule has 2 rings (SSSR count). The number of nitrogens with zero attached hydrogens (tertiary/aromatic N) is 1. The van der Waals surface area contributed by atoms with Crippen LogP contribution in [0.3, 0.4) is 0 Å². The van der Waals surface area contributed by atoms with Gasteiger partial charge in [0.05, 0.1) is 17.8 Å². The zero-order valence-electron chi connectivity index (χ0n) is 10.8. The van der Waals surface area contributed by atoms with E-state index in [4.69, 9.17) is 16.3 Å². The topological polar surface area (TPSA) is 50.7 Å². The van der Waals surface area contributed by atoms with E-state index in [-0.39, 0.29) is 11.8 Å². The molecule has 100 valence electrons. The van der Waals surface area contributed by atoms with E-state index in [0.717, 1.165) is 11.3 Å². The molecule has 1 heterocycles. The lowest BCUT2D eigenvalue weighted by Gasteiger charge is -2.16. The number of ether oxygens (including phenoxy) is 1. The van der Waals surface area contributed by atoms with Crippen molar-refractivity contribution in [1.29, 1.82) is 0 Å². The van der Waals surface area contributed by atoms with E-state index in [9.17, 15) is 4.79 Å². The zero-order chi connectivity index (χ0) is 13.8. The molecule has 1 aromatic rings. The Balaban J connectivity index is 2.14. The third-order valence-electron chi connectivity index (χ3n) is 2.93. The van der Waals surface area contributed by atoms with Crippen LogP contribution in [-0.4, -0.2) is 18.7 Å². The van der Waals surface area contributed by atoms with Gasteiger partial charge in [-0.15, -0.1) is 0 Å². The minimum absolute atomic E-state index is 0.0443. The largest absolute Gasteiger partial charge is 0.495 e. The number of carbonyl (C=O) groups is 1. The van der Waals surface area contributed by atoms with E-state index in [2.05, 4.69) is 10.5 Å². The van der Waals surface area contributed by atoms with Gasteiger partial charge in [0.15, 0.2) is 0 Å². The molecule has 0 spiro atoms. The van der Waals surface area contributed by atoms with Crippen molar-refractivity contribution in [3.05, 3.63) is 34.9 Å². The number of rotatable bonds is 3. The van der Waals surface area contributed by atoms with Gasteiger partial charge in [0.2, 0.25) is 5.91 Å². The van der Waals surface area contributed by atoms with E-state index in [1.165, 1.54) is 0 Å². The molecule has 0 bridgehead atoms. The molecule has 0 saturated carbocycles. The Kier molecular flexibility index (Phi) is 4.22. The summed E-state index contributed by atoms with van der Waals surface area (Å²) in [6, 6.07) is 5.55. The van der Waals surface area contributed by atoms with Gasteiger partial charge in [-0.05, 0) is 23.8 Å². The highest BCUT2D eigenvalue weighted by Crippen LogP contribution is 2.25. The Morgan fingerprint density at radius 2 is 2.26 bits per heavy atom. The van der Waals surface area contributed by atoms with Crippen LogP contribution in [0.5, 0.6) is 5.75 Å². The normalized spacial score (nSPS) is 19.2. The van der Waals surface area contributed by atoms with E-state index in [0.29, 0.717) is 17.2 Å². The van der Waals surface area contributed by atoms with Crippen LogP contribution in [0.4, 0.5) is 0 Å². The lowest BCUT2D eigenvalue weighted by molar-refractivity contribution is -0.121. The van der Waals surface area contributed by atoms with Crippen LogP contribution in [0.2, 0.25) is 5.02 Å². The number of allylic oxidation sites excluding steroid dienone is 1. The monoisotopic (exact) mass is 278 g/mol. The molecule has 1 aromatic carbocycles. The van der Waals surface area contributed by atoms with E-state index in [1.54, 1.807) is 7.11 Å². The average Bonchev–Trinajstić information content (AvgIpc) is 2.38. The SMILES string of the molecule is COc1ccc(C=CC2=NNC(=O)CC2C)cc1Cl. The Morgan fingerprint density at radius 3 is 2.89 bits per heavy atom. The predicted molar refractivity (Wildman–Crippen MR) is 76.4 cm³/mol. The summed E-state index contributed by atoms with van der Waals surface area (Å²) in [7, 11) is 1.58. The summed E-state index contributed by atoms with van der Waals surface area (Å²) in [5.74, 6) is 0.727. The number of hydrazone groups is 1. The molecule has 0 fully saturated rings. The van der Waals surface area contributed by atoms with Crippen LogP contribution in [0, 0.1) is 5.92 Å². The maximum Gasteiger partial charge on any atom is 0.240 e. The maximum absolute atomic E-state index is 11.1. The smallest absolute Gasteiger partial charge is 0.240 e. The molecule has 0 aliphatic carbocycles. The number of carbonyl (C=O) groups excluding carboxylic acids is 1. The molecule has 0 radical (unpaired) electrons. The van der Waals surface area contributed by atoms with Crippen molar-refractivity contribution in [2.45, 2.75) is 13.3 Å². The highest BCUT2D eigenvalue weighted by molar-refractivity contribution is 6.32. The van der Waals surface area contributed by atoms with E-state index < -0.39 is 0 Å². The summed E-state index contributed by atoms with van der Waals surface area (Å²) in [5.41, 5.74) is 4.29. The molecule has 1 aliphatic heterocycles. The van der Waals surface area contributed by atoms with Crippen molar-refractivity contribution < 1.29 is 9.53 Å². The Morgan fingerprint density at radius 1 is 1.47 bits per heavy atom. The molecule has 1 N–H and O–H groups in total. The van der Waals surface area contributed by atoms with Crippen LogP contribution in [-0.2, 0) is 4.79 Å². The van der Waals surface area contributed by atoms with Gasteiger partial charge in [0, 0.05) is 12.3 Å². The fraction of sp³-hybridized carbons (Fsp3) is 0.286. The standard InChI is InChI=1S/C14H15ClN2O2/c1-9-7-14(18)17-16-12(9)5-3-10-4-6-13(19-2)11(15)8-10/h3-6,8-9H,7H2,1-2H3,(H,17,18). The fourth-order valence-electron chi connectivity index (χ4n) is 1.83. The van der Waals surface area contributed by atoms with Gasteiger partial charge in [-0.25, -0.2) is 5.43 Å². The first-order valence-corrected chi connectivity index (χ1v) is 6.36. The highest BCUT2D eigenvalue weighted by atomic mass is 35.5. The van der Waals surface area contributed by atoms with Crippen LogP contribution < -0.4 is 10.2 Å². The van der Waals surface area contributed by atoms with E-state index in [1.807, 2.05) is 37.3 Å². The van der Waals surface area contributed by atoms with Gasteiger partial charge >= 0.3 is 0 Å². The molecule has 4 nitrogen and oxygen atoms in total. The van der Waals surface area contributed by atoms with Crippen molar-refractivity contribution >= 4 is 29.3 Å². The van der Waals surface area contributed by atoms with Crippen molar-refractivity contribution in [2.75, 3.05) is 7.11 Å². The molecule has 1 amide bonds. The first-order chi connectivity index (χ1) is 9.10. The minimum atomic E-state index is -0.0443. The number of benzene rings is 1. The molecule has 0 saturated heterocycles. The fourth-order valence-corrected chi connectivity index (χ4v) is 2.10. The second-order valence-corrected chi connectivity index (χ2v) is 4.81. The van der Waals surface area contributed by atoms with Gasteiger partial charge in [-0.3, -0.25) is 4.79 Å². The van der Waals surface area contributed by atoms with E-state index >= 15 is 0 Å². The Labute approximate surface area is 117 Å². The van der Waals surface area contributed by atoms with Gasteiger partial charge in [0.25, 0.3) is 0 Å². The molecule has 19 heavy (non-hydrogen) atoms. The van der Waals surface area contributed by atoms with Crippen LogP contribution >= 0.6 is 11.6 Å². The summed E-state index contributed by atoms with van der Waals surface area (Å²) >= 11 is 6.05. The zero-order valence-corrected chi connectivity index (χ0v) is 11.6. The van der Waals surface area contributed by atoms with Crippen LogP contribution in [0.25, 0.3) is 6.08 Å². The first kappa shape index (κ1) is 13.6. The molecular formula is C14H15ClN2O2. The first-order valence-electron chi connectivity index (χ1n) is 5.98. The van der Waals surface area contributed by atoms with Crippen LogP contribution in [0.15, 0.2) is 29.4 Å². The van der Waals surface area contributed by atoms with Crippen LogP contribution in [0.1, 0.15) is 18.9 Å². The number of methoxy groups -OCH3 is 1. The lowest BCUT2D eigenvalue weighted by Crippen LogP contribution is -2.30. The summed E-state index contributed by atoms with van der Waals surface area (Å²) in [6.45, 7) is 1.98. The lowest BCUT2D eigenvalue weighted by atomic mass is 9.99. The molecule has 1 unspecified atom stereocenters. The molecular weight excluding hydrogens is 264 g/mol. The highest BCUT2D eigenvalue weighted by Gasteiger charge is 2.17. The number of halogens is 1. The molecule has 1 atom stereocenters. The number of hydrogen-bond acceptors (Lipinski definition) is 3. The number of hydrogen-bond donors (Lipinski definition) is 1. The van der Waals surface area contributed by atoms with Crippen molar-refractivity contribution in [3.8, 4) is 5.75 Å². The predicted octanol–water partition coefficient (Wildman–Crippen LogP) is 2.87. The summed E-state index contributed by atoms with van der Waals surface area (Å²) < 4.78 is 5.10. The van der Waals surface area contributed by atoms with Crippen molar-refractivity contribution in [2.24, 2.45) is 11.0 Å². The Bertz CT molecular complexity index is 552. The molecule has 0 aromatic heterocycles. The average molecular weight is 279 g/mol. The molecule has 1 aliphatic rings. The quantitative estimate of drug-likeness (QED) is 0.924. The second-order valence-electron chi connectivity index (χ2n) is 4.40. The minimum Gasteiger partial charge on any atom is -0.495 e. The second kappa shape index (κ2) is 5.89. The summed E-state index contributed by atoms with van der Waals surface area (Å²) in [4.78, 5) is 11.1. The van der Waals surface area contributed by atoms with Crippen molar-refractivity contribution in [1.82, 2.24) is 5.43 Å². The van der Waals surface area contributed by atoms with Gasteiger partial charge in [0.1, 0.15) is 5.75 Å².